The molecule has 0 bridgehead atoms. The normalized spacial score (nSPS) is 10.1. The summed E-state index contributed by atoms with van der Waals surface area (Å²) in [6.45, 7) is 0. The van der Waals surface area contributed by atoms with Crippen molar-refractivity contribution < 1.29 is 9.72 Å². The number of benzene rings is 1. The highest BCUT2D eigenvalue weighted by Crippen LogP contribution is 2.28. The van der Waals surface area contributed by atoms with Crippen LogP contribution in [-0.4, -0.2) is 21.0 Å². The lowest BCUT2D eigenvalue weighted by atomic mass is 10.2. The van der Waals surface area contributed by atoms with Gasteiger partial charge in [0.25, 0.3) is 11.6 Å². The minimum absolute atomic E-state index is 0.101. The number of rotatable bonds is 3. The van der Waals surface area contributed by atoms with E-state index in [1.54, 1.807) is 0 Å². The maximum absolute atomic E-state index is 12.0. The van der Waals surface area contributed by atoms with Crippen LogP contribution in [0.25, 0.3) is 0 Å². The monoisotopic (exact) mass is 356 g/mol. The van der Waals surface area contributed by atoms with Crippen LogP contribution in [0.15, 0.2) is 34.8 Å². The molecule has 0 aliphatic carbocycles. The number of nitrogens with zero attached hydrogens (tertiary/aromatic N) is 3. The van der Waals surface area contributed by atoms with Crippen molar-refractivity contribution in [3.05, 3.63) is 55.6 Å². The van der Waals surface area contributed by atoms with Crippen molar-refractivity contribution in [1.29, 1.82) is 0 Å². The molecular formula is C11H6BrClN4O3. The molecule has 102 valence electrons. The van der Waals surface area contributed by atoms with Gasteiger partial charge < -0.3 is 5.32 Å². The summed E-state index contributed by atoms with van der Waals surface area (Å²) in [7, 11) is 0. The van der Waals surface area contributed by atoms with E-state index >= 15 is 0 Å². The van der Waals surface area contributed by atoms with Crippen molar-refractivity contribution in [2.75, 3.05) is 5.32 Å². The van der Waals surface area contributed by atoms with Gasteiger partial charge in [0, 0.05) is 6.07 Å². The summed E-state index contributed by atoms with van der Waals surface area (Å²) in [5.74, 6) is -0.352. The number of nitro groups is 1. The number of halogens is 2. The average Bonchev–Trinajstić information content (AvgIpc) is 2.41. The molecule has 20 heavy (non-hydrogen) atoms. The average molecular weight is 358 g/mol. The van der Waals surface area contributed by atoms with E-state index in [-0.39, 0.29) is 26.7 Å². The van der Waals surface area contributed by atoms with Gasteiger partial charge in [-0.05, 0) is 34.1 Å². The first-order valence-electron chi connectivity index (χ1n) is 5.22. The van der Waals surface area contributed by atoms with Gasteiger partial charge in [-0.1, -0.05) is 17.7 Å². The van der Waals surface area contributed by atoms with Gasteiger partial charge in [0.2, 0.25) is 0 Å². The third kappa shape index (κ3) is 3.09. The lowest BCUT2D eigenvalue weighted by Crippen LogP contribution is -2.14. The van der Waals surface area contributed by atoms with E-state index < -0.39 is 10.8 Å². The van der Waals surface area contributed by atoms with Crippen molar-refractivity contribution in [3.8, 4) is 0 Å². The Morgan fingerprint density at radius 2 is 2.05 bits per heavy atom. The van der Waals surface area contributed by atoms with E-state index in [2.05, 4.69) is 31.4 Å². The topological polar surface area (TPSA) is 98.0 Å². The third-order valence-corrected chi connectivity index (χ3v) is 3.33. The predicted octanol–water partition coefficient (Wildman–Crippen LogP) is 3.05. The second-order valence-corrected chi connectivity index (χ2v) is 4.77. The van der Waals surface area contributed by atoms with Crippen LogP contribution in [0.1, 0.15) is 10.4 Å². The van der Waals surface area contributed by atoms with Gasteiger partial charge in [0.1, 0.15) is 4.47 Å². The zero-order valence-corrected chi connectivity index (χ0v) is 12.1. The largest absolute Gasteiger partial charge is 0.305 e. The standard InChI is InChI=1S/C11H6BrClN4O3/c12-10-6(2-1-3-7(10)17(19)20)11(18)14-9-5-4-8(13)15-16-9/h1-5H,(H,14,16,18). The van der Waals surface area contributed by atoms with Crippen LogP contribution in [-0.2, 0) is 0 Å². The number of amides is 1. The molecule has 0 saturated carbocycles. The van der Waals surface area contributed by atoms with Crippen LogP contribution in [0.2, 0.25) is 5.15 Å². The molecule has 9 heteroatoms. The highest BCUT2D eigenvalue weighted by molar-refractivity contribution is 9.10. The predicted molar refractivity (Wildman–Crippen MR) is 75.8 cm³/mol. The number of hydrogen-bond donors (Lipinski definition) is 1. The Morgan fingerprint density at radius 1 is 1.30 bits per heavy atom. The number of hydrogen-bond acceptors (Lipinski definition) is 5. The van der Waals surface area contributed by atoms with Gasteiger partial charge in [-0.2, -0.15) is 0 Å². The van der Waals surface area contributed by atoms with Gasteiger partial charge in [0.05, 0.1) is 10.5 Å². The highest BCUT2D eigenvalue weighted by atomic mass is 79.9. The Labute approximate surface area is 126 Å². The van der Waals surface area contributed by atoms with Crippen molar-refractivity contribution in [1.82, 2.24) is 10.2 Å². The number of nitro benzene ring substituents is 1. The summed E-state index contributed by atoms with van der Waals surface area (Å²) in [6.07, 6.45) is 0. The molecule has 0 unspecified atom stereocenters. The van der Waals surface area contributed by atoms with E-state index in [9.17, 15) is 14.9 Å². The van der Waals surface area contributed by atoms with Crippen molar-refractivity contribution in [2.24, 2.45) is 0 Å². The van der Waals surface area contributed by atoms with Crippen molar-refractivity contribution in [2.45, 2.75) is 0 Å². The Hall–Kier alpha value is -2.06. The van der Waals surface area contributed by atoms with Gasteiger partial charge in [0.15, 0.2) is 11.0 Å². The van der Waals surface area contributed by atoms with Gasteiger partial charge in [-0.3, -0.25) is 14.9 Å². The van der Waals surface area contributed by atoms with Crippen LogP contribution < -0.4 is 5.32 Å². The Morgan fingerprint density at radius 3 is 2.65 bits per heavy atom. The fraction of sp³-hybridized carbons (Fsp3) is 0. The second kappa shape index (κ2) is 5.93. The van der Waals surface area contributed by atoms with E-state index in [1.165, 1.54) is 30.3 Å². The first kappa shape index (κ1) is 14.4. The van der Waals surface area contributed by atoms with E-state index in [4.69, 9.17) is 11.6 Å². The minimum Gasteiger partial charge on any atom is -0.305 e. The molecule has 0 spiro atoms. The molecule has 0 radical (unpaired) electrons. The van der Waals surface area contributed by atoms with Crippen LogP contribution in [0.4, 0.5) is 11.5 Å². The SMILES string of the molecule is O=C(Nc1ccc(Cl)nn1)c1cccc([N+](=O)[O-])c1Br. The molecule has 0 fully saturated rings. The van der Waals surface area contributed by atoms with E-state index in [0.29, 0.717) is 0 Å². The molecule has 2 aromatic rings. The Kier molecular flexibility index (Phi) is 4.26. The minimum atomic E-state index is -0.580. The molecule has 0 saturated heterocycles. The van der Waals surface area contributed by atoms with Crippen molar-refractivity contribution >= 4 is 44.9 Å². The van der Waals surface area contributed by atoms with Crippen LogP contribution in [0, 0.1) is 10.1 Å². The zero-order valence-electron chi connectivity index (χ0n) is 9.71. The fourth-order valence-electron chi connectivity index (χ4n) is 1.40. The molecule has 2 rings (SSSR count). The number of aromatic nitrogens is 2. The molecule has 1 aromatic heterocycles. The molecule has 1 amide bonds. The summed E-state index contributed by atoms with van der Waals surface area (Å²) < 4.78 is 0.101. The highest BCUT2D eigenvalue weighted by Gasteiger charge is 2.19. The molecule has 0 atom stereocenters. The molecule has 0 aliphatic heterocycles. The van der Waals surface area contributed by atoms with Crippen LogP contribution >= 0.6 is 27.5 Å². The number of carbonyl (C=O) groups excluding carboxylic acids is 1. The Balaban J connectivity index is 2.28. The number of nitrogens with one attached hydrogen (secondary N) is 1. The fourth-order valence-corrected chi connectivity index (χ4v) is 2.09. The summed E-state index contributed by atoms with van der Waals surface area (Å²) in [4.78, 5) is 22.2. The third-order valence-electron chi connectivity index (χ3n) is 2.29. The maximum Gasteiger partial charge on any atom is 0.284 e. The molecular weight excluding hydrogens is 352 g/mol. The quantitative estimate of drug-likeness (QED) is 0.672. The van der Waals surface area contributed by atoms with Gasteiger partial charge in [-0.25, -0.2) is 0 Å². The summed E-state index contributed by atoms with van der Waals surface area (Å²) in [5, 5.41) is 20.7. The molecule has 0 aliphatic rings. The summed E-state index contributed by atoms with van der Waals surface area (Å²) in [5.41, 5.74) is -0.0733. The second-order valence-electron chi connectivity index (χ2n) is 3.59. The summed E-state index contributed by atoms with van der Waals surface area (Å²) in [6, 6.07) is 7.11. The molecule has 1 heterocycles. The molecule has 7 nitrogen and oxygen atoms in total. The van der Waals surface area contributed by atoms with Gasteiger partial charge in [-0.15, -0.1) is 10.2 Å². The smallest absolute Gasteiger partial charge is 0.284 e. The van der Waals surface area contributed by atoms with Crippen molar-refractivity contribution in [3.63, 3.8) is 0 Å². The summed E-state index contributed by atoms with van der Waals surface area (Å²) >= 11 is 8.63. The molecule has 1 N–H and O–H groups in total. The lowest BCUT2D eigenvalue weighted by Gasteiger charge is -2.05. The molecule has 1 aromatic carbocycles. The van der Waals surface area contributed by atoms with E-state index in [0.717, 1.165) is 0 Å². The number of anilines is 1. The van der Waals surface area contributed by atoms with Gasteiger partial charge >= 0.3 is 0 Å². The first-order valence-corrected chi connectivity index (χ1v) is 6.39. The zero-order chi connectivity index (χ0) is 14.7. The lowest BCUT2D eigenvalue weighted by molar-refractivity contribution is -0.385. The maximum atomic E-state index is 12.0. The number of carbonyl (C=O) groups is 1. The van der Waals surface area contributed by atoms with Crippen LogP contribution in [0.5, 0.6) is 0 Å². The first-order chi connectivity index (χ1) is 9.49. The van der Waals surface area contributed by atoms with E-state index in [1.807, 2.05) is 0 Å². The van der Waals surface area contributed by atoms with Crippen LogP contribution in [0.3, 0.4) is 0 Å². The Bertz CT molecular complexity index is 678.